The van der Waals surface area contributed by atoms with Gasteiger partial charge in [0.25, 0.3) is 0 Å². The van der Waals surface area contributed by atoms with Gasteiger partial charge in [-0.05, 0) is 29.4 Å². The fourth-order valence-corrected chi connectivity index (χ4v) is 2.70. The van der Waals surface area contributed by atoms with Gasteiger partial charge in [0.1, 0.15) is 0 Å². The highest BCUT2D eigenvalue weighted by Gasteiger charge is 2.30. The first-order valence-corrected chi connectivity index (χ1v) is 6.54. The fraction of sp³-hybridized carbons (Fsp3) is 0.500. The lowest BCUT2D eigenvalue weighted by atomic mass is 9.83. The molecule has 0 saturated heterocycles. The third-order valence-electron chi connectivity index (χ3n) is 4.26. The lowest BCUT2D eigenvalue weighted by Crippen LogP contribution is -2.28. The predicted octanol–water partition coefficient (Wildman–Crippen LogP) is 3.74. The molecule has 4 atom stereocenters. The van der Waals surface area contributed by atoms with E-state index in [1.54, 1.807) is 0 Å². The van der Waals surface area contributed by atoms with E-state index in [-0.39, 0.29) is 12.0 Å². The van der Waals surface area contributed by atoms with Gasteiger partial charge in [-0.2, -0.15) is 0 Å². The minimum atomic E-state index is -0.237. The van der Waals surface area contributed by atoms with E-state index >= 15 is 0 Å². The molecule has 1 heteroatoms. The zero-order valence-electron chi connectivity index (χ0n) is 10.9. The summed E-state index contributed by atoms with van der Waals surface area (Å²) in [4.78, 5) is 0. The number of rotatable bonds is 1. The smallest absolute Gasteiger partial charge is 0.0634 e. The fourth-order valence-electron chi connectivity index (χ4n) is 2.70. The average Bonchev–Trinajstić information content (AvgIpc) is 2.45. The summed E-state index contributed by atoms with van der Waals surface area (Å²) in [5, 5.41) is 10.4. The highest BCUT2D eigenvalue weighted by molar-refractivity contribution is 5.68. The number of aliphatic hydroxyl groups excluding tert-OH is 1. The van der Waals surface area contributed by atoms with Gasteiger partial charge in [-0.15, -0.1) is 0 Å². The van der Waals surface area contributed by atoms with Crippen LogP contribution in [-0.4, -0.2) is 11.2 Å². The van der Waals surface area contributed by atoms with Crippen molar-refractivity contribution in [3.8, 4) is 0 Å². The number of hydrogen-bond acceptors (Lipinski definition) is 1. The van der Waals surface area contributed by atoms with Gasteiger partial charge in [-0.25, -0.2) is 0 Å². The Kier molecular flexibility index (Phi) is 3.68. The van der Waals surface area contributed by atoms with Crippen molar-refractivity contribution in [3.05, 3.63) is 42.0 Å². The van der Waals surface area contributed by atoms with E-state index in [0.29, 0.717) is 11.8 Å². The first-order valence-electron chi connectivity index (χ1n) is 6.54. The summed E-state index contributed by atoms with van der Waals surface area (Å²) in [5.74, 6) is 1.13. The van der Waals surface area contributed by atoms with Crippen molar-refractivity contribution < 1.29 is 5.11 Å². The van der Waals surface area contributed by atoms with E-state index in [4.69, 9.17) is 0 Å². The maximum Gasteiger partial charge on any atom is 0.0634 e. The molecule has 2 rings (SSSR count). The number of benzene rings is 1. The van der Waals surface area contributed by atoms with Crippen LogP contribution in [-0.2, 0) is 0 Å². The minimum Gasteiger partial charge on any atom is -0.392 e. The third kappa shape index (κ3) is 2.44. The summed E-state index contributed by atoms with van der Waals surface area (Å²) in [5.41, 5.74) is 2.55. The van der Waals surface area contributed by atoms with Crippen molar-refractivity contribution in [2.24, 2.45) is 17.8 Å². The van der Waals surface area contributed by atoms with E-state index in [1.165, 1.54) is 11.1 Å². The van der Waals surface area contributed by atoms with Gasteiger partial charge < -0.3 is 5.11 Å². The second kappa shape index (κ2) is 5.05. The summed E-state index contributed by atoms with van der Waals surface area (Å²) >= 11 is 0. The Morgan fingerprint density at radius 3 is 2.35 bits per heavy atom. The Labute approximate surface area is 104 Å². The van der Waals surface area contributed by atoms with E-state index in [0.717, 1.165) is 6.42 Å². The molecule has 0 saturated carbocycles. The second-order valence-corrected chi connectivity index (χ2v) is 5.38. The Bertz CT molecular complexity index is 393. The van der Waals surface area contributed by atoms with Crippen LogP contribution >= 0.6 is 0 Å². The Morgan fingerprint density at radius 2 is 1.71 bits per heavy atom. The third-order valence-corrected chi connectivity index (χ3v) is 4.26. The van der Waals surface area contributed by atoms with Crippen molar-refractivity contribution >= 4 is 5.57 Å². The summed E-state index contributed by atoms with van der Waals surface area (Å²) in [7, 11) is 0. The summed E-state index contributed by atoms with van der Waals surface area (Å²) < 4.78 is 0. The van der Waals surface area contributed by atoms with E-state index in [2.05, 4.69) is 51.1 Å². The lowest BCUT2D eigenvalue weighted by Gasteiger charge is -2.27. The van der Waals surface area contributed by atoms with Crippen molar-refractivity contribution in [3.63, 3.8) is 0 Å². The van der Waals surface area contributed by atoms with Gasteiger partial charge >= 0.3 is 0 Å². The van der Waals surface area contributed by atoms with Gasteiger partial charge in [0.05, 0.1) is 6.10 Å². The van der Waals surface area contributed by atoms with Crippen LogP contribution in [0, 0.1) is 17.8 Å². The van der Waals surface area contributed by atoms with Gasteiger partial charge in [0, 0.05) is 5.92 Å². The molecule has 0 spiro atoms. The SMILES string of the molecule is C[C@@H]1[C@@H](O)[C@@H](C)C(c2ccccc2)=CC[C@@H]1C. The van der Waals surface area contributed by atoms with Crippen molar-refractivity contribution in [2.45, 2.75) is 33.3 Å². The van der Waals surface area contributed by atoms with Gasteiger partial charge in [-0.3, -0.25) is 0 Å². The highest BCUT2D eigenvalue weighted by Crippen LogP contribution is 2.36. The van der Waals surface area contributed by atoms with Crippen LogP contribution in [0.15, 0.2) is 36.4 Å². The minimum absolute atomic E-state index is 0.220. The molecule has 1 aromatic carbocycles. The number of allylic oxidation sites excluding steroid dienone is 1. The number of aliphatic hydroxyl groups is 1. The standard InChI is InChI=1S/C16H22O/c1-11-9-10-15(13(3)16(17)12(11)2)14-7-5-4-6-8-14/h4-8,10-13,16-17H,9H2,1-3H3/t11-,12-,13-,16+/m0/s1. The van der Waals surface area contributed by atoms with Crippen LogP contribution in [0.2, 0.25) is 0 Å². The molecule has 0 aliphatic heterocycles. The van der Waals surface area contributed by atoms with Crippen LogP contribution < -0.4 is 0 Å². The largest absolute Gasteiger partial charge is 0.392 e. The molecule has 0 aromatic heterocycles. The molecule has 1 nitrogen and oxygen atoms in total. The van der Waals surface area contributed by atoms with Crippen molar-refractivity contribution in [1.82, 2.24) is 0 Å². The lowest BCUT2D eigenvalue weighted by molar-refractivity contribution is 0.0647. The molecule has 1 aromatic rings. The molecular weight excluding hydrogens is 208 g/mol. The monoisotopic (exact) mass is 230 g/mol. The molecule has 1 aliphatic rings. The van der Waals surface area contributed by atoms with Crippen LogP contribution in [0.4, 0.5) is 0 Å². The van der Waals surface area contributed by atoms with E-state index < -0.39 is 0 Å². The number of hydrogen-bond donors (Lipinski definition) is 1. The first kappa shape index (κ1) is 12.4. The average molecular weight is 230 g/mol. The maximum atomic E-state index is 10.4. The Morgan fingerprint density at radius 1 is 1.06 bits per heavy atom. The second-order valence-electron chi connectivity index (χ2n) is 5.38. The van der Waals surface area contributed by atoms with Gasteiger partial charge in [0.15, 0.2) is 0 Å². The van der Waals surface area contributed by atoms with E-state index in [9.17, 15) is 5.11 Å². The molecule has 92 valence electrons. The summed E-state index contributed by atoms with van der Waals surface area (Å²) in [6.07, 6.45) is 3.14. The summed E-state index contributed by atoms with van der Waals surface area (Å²) in [6.45, 7) is 6.52. The molecule has 0 amide bonds. The molecule has 0 bridgehead atoms. The van der Waals surface area contributed by atoms with Crippen LogP contribution in [0.25, 0.3) is 5.57 Å². The quantitative estimate of drug-likeness (QED) is 0.779. The molecule has 0 radical (unpaired) electrons. The van der Waals surface area contributed by atoms with Crippen molar-refractivity contribution in [2.75, 3.05) is 0 Å². The Balaban J connectivity index is 2.34. The van der Waals surface area contributed by atoms with Gasteiger partial charge in [-0.1, -0.05) is 57.2 Å². The van der Waals surface area contributed by atoms with Crippen LogP contribution in [0.1, 0.15) is 32.8 Å². The Hall–Kier alpha value is -1.08. The summed E-state index contributed by atoms with van der Waals surface area (Å²) in [6, 6.07) is 10.4. The maximum absolute atomic E-state index is 10.4. The molecule has 0 fully saturated rings. The predicted molar refractivity (Wildman–Crippen MR) is 72.5 cm³/mol. The zero-order chi connectivity index (χ0) is 12.4. The molecule has 0 heterocycles. The molecular formula is C16H22O. The molecule has 1 N–H and O–H groups in total. The molecule has 1 aliphatic carbocycles. The van der Waals surface area contributed by atoms with Gasteiger partial charge in [0.2, 0.25) is 0 Å². The zero-order valence-corrected chi connectivity index (χ0v) is 10.9. The first-order chi connectivity index (χ1) is 8.11. The van der Waals surface area contributed by atoms with E-state index in [1.807, 2.05) is 6.07 Å². The topological polar surface area (TPSA) is 20.2 Å². The van der Waals surface area contributed by atoms with Crippen LogP contribution in [0.3, 0.4) is 0 Å². The highest BCUT2D eigenvalue weighted by atomic mass is 16.3. The molecule has 0 unspecified atom stereocenters. The van der Waals surface area contributed by atoms with Crippen molar-refractivity contribution in [1.29, 1.82) is 0 Å². The van der Waals surface area contributed by atoms with Crippen LogP contribution in [0.5, 0.6) is 0 Å². The molecule has 17 heavy (non-hydrogen) atoms. The normalized spacial score (nSPS) is 34.0.